The average Bonchev–Trinajstić information content (AvgIpc) is 2.68. The van der Waals surface area contributed by atoms with Crippen LogP contribution in [0.15, 0.2) is 59.6 Å². The first-order valence-electron chi connectivity index (χ1n) is 8.42. The molecule has 7 heteroatoms. The third-order valence-corrected chi connectivity index (χ3v) is 4.43. The van der Waals surface area contributed by atoms with Crippen molar-refractivity contribution < 1.29 is 24.2 Å². The number of hydrogen-bond donors (Lipinski definition) is 3. The summed E-state index contributed by atoms with van der Waals surface area (Å²) in [6.45, 7) is 2.03. The first-order valence-corrected chi connectivity index (χ1v) is 8.42. The van der Waals surface area contributed by atoms with Crippen LogP contribution in [-0.2, 0) is 9.47 Å². The van der Waals surface area contributed by atoms with E-state index in [1.807, 2.05) is 19.1 Å². The lowest BCUT2D eigenvalue weighted by molar-refractivity contribution is -0.201. The summed E-state index contributed by atoms with van der Waals surface area (Å²) < 4.78 is 17.5. The van der Waals surface area contributed by atoms with Crippen LogP contribution in [0.25, 0.3) is 0 Å². The van der Waals surface area contributed by atoms with Gasteiger partial charge in [-0.1, -0.05) is 13.0 Å². The van der Waals surface area contributed by atoms with E-state index in [9.17, 15) is 4.79 Å². The summed E-state index contributed by atoms with van der Waals surface area (Å²) >= 11 is 0. The summed E-state index contributed by atoms with van der Waals surface area (Å²) in [6, 6.07) is 6.10. The van der Waals surface area contributed by atoms with E-state index in [1.165, 1.54) is 5.48 Å². The van der Waals surface area contributed by atoms with E-state index in [2.05, 4.69) is 11.4 Å². The number of ether oxygens (including phenoxy) is 3. The molecule has 3 N–H and O–H groups in total. The number of fused-ring (bicyclic) bond motifs is 1. The second-order valence-corrected chi connectivity index (χ2v) is 6.02. The number of hydrogen-bond acceptors (Lipinski definition) is 5. The summed E-state index contributed by atoms with van der Waals surface area (Å²) in [4.78, 5) is 11.1. The molecule has 1 aromatic rings. The number of anilines is 1. The molecule has 138 valence electrons. The number of carbonyl (C=O) groups is 1. The second kappa shape index (κ2) is 7.63. The number of carbonyl (C=O) groups excluding carboxylic acids is 1. The maximum Gasteiger partial charge on any atom is 0.342 e. The molecule has 0 bridgehead atoms. The Labute approximate surface area is 151 Å². The van der Waals surface area contributed by atoms with Crippen LogP contribution in [-0.4, -0.2) is 24.1 Å². The number of urea groups is 1. The molecule has 1 aliphatic heterocycles. The van der Waals surface area contributed by atoms with Crippen LogP contribution in [0.4, 0.5) is 10.5 Å². The normalized spacial score (nSPS) is 21.4. The van der Waals surface area contributed by atoms with Crippen LogP contribution in [0.3, 0.4) is 0 Å². The Morgan fingerprint density at radius 1 is 1.31 bits per heavy atom. The van der Waals surface area contributed by atoms with Crippen LogP contribution < -0.4 is 15.5 Å². The largest absolute Gasteiger partial charge is 0.462 e. The lowest BCUT2D eigenvalue weighted by Gasteiger charge is -2.37. The standard InChI is InChI=1S/C19H22N2O5/c1-3-19(24-2)11-10-13-4-7-16(12-17(13)26-19)25-15-8-5-14(6-9-15)20-18(22)21-23/h5-10,12,23H,3-4,11H2,1-2H3,(H2,20,21,22). The van der Waals surface area contributed by atoms with Crippen molar-refractivity contribution in [2.75, 3.05) is 12.4 Å². The predicted molar refractivity (Wildman–Crippen MR) is 95.6 cm³/mol. The molecule has 1 aromatic carbocycles. The van der Waals surface area contributed by atoms with Crippen LogP contribution in [0.1, 0.15) is 26.2 Å². The topological polar surface area (TPSA) is 89.1 Å². The lowest BCUT2D eigenvalue weighted by Crippen LogP contribution is -2.36. The molecule has 7 nitrogen and oxygen atoms in total. The Kier molecular flexibility index (Phi) is 5.29. The summed E-state index contributed by atoms with van der Waals surface area (Å²) in [5, 5.41) is 11.0. The molecule has 2 amide bonds. The van der Waals surface area contributed by atoms with Crippen molar-refractivity contribution in [1.29, 1.82) is 0 Å². The SMILES string of the molecule is CCC1(OC)CC=C2CC=C(Oc3ccc(NC(=O)NO)cc3)C=C2O1. The number of methoxy groups -OCH3 is 1. The number of benzene rings is 1. The smallest absolute Gasteiger partial charge is 0.342 e. The number of rotatable bonds is 5. The monoisotopic (exact) mass is 358 g/mol. The van der Waals surface area contributed by atoms with Gasteiger partial charge in [0.1, 0.15) is 17.3 Å². The molecule has 0 radical (unpaired) electrons. The van der Waals surface area contributed by atoms with Crippen molar-refractivity contribution in [1.82, 2.24) is 5.48 Å². The molecule has 0 spiro atoms. The van der Waals surface area contributed by atoms with E-state index in [0.29, 0.717) is 17.2 Å². The summed E-state index contributed by atoms with van der Waals surface area (Å²) in [5.41, 5.74) is 3.18. The summed E-state index contributed by atoms with van der Waals surface area (Å²) in [5.74, 6) is 1.47. The van der Waals surface area contributed by atoms with E-state index in [4.69, 9.17) is 19.4 Å². The van der Waals surface area contributed by atoms with Gasteiger partial charge in [0.25, 0.3) is 0 Å². The second-order valence-electron chi connectivity index (χ2n) is 6.02. The van der Waals surface area contributed by atoms with Gasteiger partial charge in [0, 0.05) is 31.7 Å². The Morgan fingerprint density at radius 3 is 2.73 bits per heavy atom. The average molecular weight is 358 g/mol. The minimum Gasteiger partial charge on any atom is -0.462 e. The van der Waals surface area contributed by atoms with Crippen molar-refractivity contribution >= 4 is 11.7 Å². The highest BCUT2D eigenvalue weighted by Gasteiger charge is 2.35. The molecule has 26 heavy (non-hydrogen) atoms. The predicted octanol–water partition coefficient (Wildman–Crippen LogP) is 3.85. The number of allylic oxidation sites excluding steroid dienone is 3. The highest BCUT2D eigenvalue weighted by Crippen LogP contribution is 2.38. The van der Waals surface area contributed by atoms with E-state index >= 15 is 0 Å². The molecule has 1 heterocycles. The van der Waals surface area contributed by atoms with Crippen molar-refractivity contribution in [2.45, 2.75) is 32.0 Å². The lowest BCUT2D eigenvalue weighted by atomic mass is 9.96. The molecule has 3 rings (SSSR count). The summed E-state index contributed by atoms with van der Waals surface area (Å²) in [6.07, 6.45) is 8.23. The van der Waals surface area contributed by atoms with Gasteiger partial charge in [-0.05, 0) is 42.3 Å². The fourth-order valence-corrected chi connectivity index (χ4v) is 2.85. The zero-order chi connectivity index (χ0) is 18.6. The fourth-order valence-electron chi connectivity index (χ4n) is 2.85. The fraction of sp³-hybridized carbons (Fsp3) is 0.316. The van der Waals surface area contributed by atoms with Gasteiger partial charge in [-0.25, -0.2) is 10.3 Å². The third kappa shape index (κ3) is 3.89. The zero-order valence-corrected chi connectivity index (χ0v) is 14.7. The Morgan fingerprint density at radius 2 is 2.08 bits per heavy atom. The maximum absolute atomic E-state index is 11.1. The maximum atomic E-state index is 11.1. The summed E-state index contributed by atoms with van der Waals surface area (Å²) in [7, 11) is 1.66. The van der Waals surface area contributed by atoms with Gasteiger partial charge < -0.3 is 19.5 Å². The van der Waals surface area contributed by atoms with E-state index in [0.717, 1.165) is 30.6 Å². The van der Waals surface area contributed by atoms with Crippen molar-refractivity contribution in [3.63, 3.8) is 0 Å². The number of amides is 2. The molecule has 2 aliphatic rings. The first kappa shape index (κ1) is 18.0. The first-order chi connectivity index (χ1) is 12.6. The van der Waals surface area contributed by atoms with Gasteiger partial charge in [-0.3, -0.25) is 5.21 Å². The molecule has 1 aliphatic carbocycles. The van der Waals surface area contributed by atoms with E-state index in [1.54, 1.807) is 31.4 Å². The van der Waals surface area contributed by atoms with Crippen LogP contribution >= 0.6 is 0 Å². The molecule has 1 unspecified atom stereocenters. The quantitative estimate of drug-likeness (QED) is 0.550. The van der Waals surface area contributed by atoms with Crippen LogP contribution in [0, 0.1) is 0 Å². The van der Waals surface area contributed by atoms with E-state index in [-0.39, 0.29) is 0 Å². The Balaban J connectivity index is 1.69. The van der Waals surface area contributed by atoms with Crippen molar-refractivity contribution in [3.8, 4) is 5.75 Å². The minimum atomic E-state index is -0.704. The molecule has 0 saturated carbocycles. The molecule has 0 aromatic heterocycles. The molecular weight excluding hydrogens is 336 g/mol. The number of nitrogens with one attached hydrogen (secondary N) is 2. The third-order valence-electron chi connectivity index (χ3n) is 4.43. The molecule has 1 atom stereocenters. The molecular formula is C19H22N2O5. The molecule has 0 saturated heterocycles. The Hall–Kier alpha value is -2.77. The van der Waals surface area contributed by atoms with Gasteiger partial charge in [0.2, 0.25) is 5.79 Å². The van der Waals surface area contributed by atoms with Gasteiger partial charge in [0.15, 0.2) is 0 Å². The van der Waals surface area contributed by atoms with E-state index < -0.39 is 11.8 Å². The highest BCUT2D eigenvalue weighted by molar-refractivity contribution is 5.88. The minimum absolute atomic E-state index is 0.536. The zero-order valence-electron chi connectivity index (χ0n) is 14.7. The molecule has 0 fully saturated rings. The van der Waals surface area contributed by atoms with Gasteiger partial charge in [-0.2, -0.15) is 0 Å². The van der Waals surface area contributed by atoms with Crippen LogP contribution in [0.5, 0.6) is 5.75 Å². The number of hydroxylamine groups is 1. The van der Waals surface area contributed by atoms with Gasteiger partial charge >= 0.3 is 6.03 Å². The van der Waals surface area contributed by atoms with Crippen molar-refractivity contribution in [3.05, 3.63) is 59.6 Å². The van der Waals surface area contributed by atoms with Crippen LogP contribution in [0.2, 0.25) is 0 Å². The van der Waals surface area contributed by atoms with Crippen molar-refractivity contribution in [2.24, 2.45) is 0 Å². The highest BCUT2D eigenvalue weighted by atomic mass is 16.7. The van der Waals surface area contributed by atoms with Gasteiger partial charge in [0.05, 0.1) is 0 Å². The van der Waals surface area contributed by atoms with Gasteiger partial charge in [-0.15, -0.1) is 0 Å². The Bertz CT molecular complexity index is 761.